The number of hydrogen-bond donors (Lipinski definition) is 2. The Morgan fingerprint density at radius 2 is 1.44 bits per heavy atom. The number of nitrogens with zero attached hydrogens (tertiary/aromatic N) is 1. The number of carbonyl (C=O) groups excluding carboxylic acids is 2. The van der Waals surface area contributed by atoms with E-state index in [-0.39, 0.29) is 19.0 Å². The molecule has 8 heteroatoms. The van der Waals surface area contributed by atoms with Crippen molar-refractivity contribution in [3.63, 3.8) is 0 Å². The summed E-state index contributed by atoms with van der Waals surface area (Å²) in [4.78, 5) is 25.4. The van der Waals surface area contributed by atoms with Crippen LogP contribution in [0, 0.1) is 31.3 Å². The van der Waals surface area contributed by atoms with Crippen LogP contribution in [0.1, 0.15) is 11.1 Å². The van der Waals surface area contributed by atoms with Crippen LogP contribution < -0.4 is 10.6 Å². The van der Waals surface area contributed by atoms with Gasteiger partial charge in [0.05, 0.1) is 18.8 Å². The fourth-order valence-electron chi connectivity index (χ4n) is 2.50. The Morgan fingerprint density at radius 3 is 2.04 bits per heavy atom. The summed E-state index contributed by atoms with van der Waals surface area (Å²) in [5.41, 5.74) is 2.20. The summed E-state index contributed by atoms with van der Waals surface area (Å²) in [6.07, 6.45) is 0. The van der Waals surface area contributed by atoms with Gasteiger partial charge in [-0.2, -0.15) is 0 Å². The number of carbonyl (C=O) groups is 2. The van der Waals surface area contributed by atoms with Gasteiger partial charge in [-0.3, -0.25) is 14.5 Å². The van der Waals surface area contributed by atoms with Crippen LogP contribution >= 0.6 is 0 Å². The number of benzene rings is 2. The van der Waals surface area contributed by atoms with E-state index in [2.05, 4.69) is 10.6 Å². The number of aryl methyl sites for hydroxylation is 2. The number of halogens is 3. The van der Waals surface area contributed by atoms with Crippen molar-refractivity contribution >= 4 is 23.2 Å². The smallest absolute Gasteiger partial charge is 0.238 e. The van der Waals surface area contributed by atoms with Gasteiger partial charge in [0, 0.05) is 5.69 Å². The van der Waals surface area contributed by atoms with Crippen LogP contribution in [-0.4, -0.2) is 36.9 Å². The third-order valence-electron chi connectivity index (χ3n) is 3.79. The van der Waals surface area contributed by atoms with Gasteiger partial charge in [0.2, 0.25) is 11.8 Å². The van der Waals surface area contributed by atoms with Gasteiger partial charge >= 0.3 is 0 Å². The van der Waals surface area contributed by atoms with Crippen molar-refractivity contribution in [1.82, 2.24) is 4.90 Å². The number of nitrogens with one attached hydrogen (secondary N) is 2. The van der Waals surface area contributed by atoms with E-state index in [1.807, 2.05) is 26.0 Å². The molecule has 0 aromatic heterocycles. The molecule has 0 aliphatic heterocycles. The molecular formula is C19H20F3N3O2. The summed E-state index contributed by atoms with van der Waals surface area (Å²) in [6, 6.07) is 7.24. The first-order chi connectivity index (χ1) is 12.7. The third kappa shape index (κ3) is 5.55. The molecule has 0 saturated heterocycles. The zero-order chi connectivity index (χ0) is 20.1. The highest BCUT2D eigenvalue weighted by atomic mass is 19.2. The van der Waals surface area contributed by atoms with Crippen molar-refractivity contribution in [2.75, 3.05) is 30.8 Å². The van der Waals surface area contributed by atoms with Gasteiger partial charge in [-0.1, -0.05) is 17.7 Å². The second kappa shape index (κ2) is 8.68. The molecule has 27 heavy (non-hydrogen) atoms. The Kier molecular flexibility index (Phi) is 6.57. The molecule has 0 bridgehead atoms. The minimum Gasteiger partial charge on any atom is -0.325 e. The lowest BCUT2D eigenvalue weighted by Gasteiger charge is -2.17. The molecule has 2 amide bonds. The average molecular weight is 379 g/mol. The Hall–Kier alpha value is -2.87. The lowest BCUT2D eigenvalue weighted by atomic mass is 10.1. The van der Waals surface area contributed by atoms with Gasteiger partial charge in [0.25, 0.3) is 0 Å². The second-order valence-corrected chi connectivity index (χ2v) is 6.31. The van der Waals surface area contributed by atoms with Crippen LogP contribution in [-0.2, 0) is 9.59 Å². The van der Waals surface area contributed by atoms with Crippen LogP contribution in [0.5, 0.6) is 0 Å². The zero-order valence-corrected chi connectivity index (χ0v) is 15.2. The second-order valence-electron chi connectivity index (χ2n) is 6.31. The van der Waals surface area contributed by atoms with Crippen molar-refractivity contribution in [2.45, 2.75) is 13.8 Å². The normalized spacial score (nSPS) is 10.8. The molecule has 0 fully saturated rings. The van der Waals surface area contributed by atoms with Gasteiger partial charge in [0.15, 0.2) is 17.5 Å². The summed E-state index contributed by atoms with van der Waals surface area (Å²) < 4.78 is 39.6. The van der Waals surface area contributed by atoms with E-state index >= 15 is 0 Å². The molecule has 2 N–H and O–H groups in total. The highest BCUT2D eigenvalue weighted by Gasteiger charge is 2.17. The molecule has 0 saturated carbocycles. The topological polar surface area (TPSA) is 61.4 Å². The van der Waals surface area contributed by atoms with Crippen LogP contribution in [0.4, 0.5) is 24.5 Å². The van der Waals surface area contributed by atoms with E-state index in [0.29, 0.717) is 5.69 Å². The van der Waals surface area contributed by atoms with Crippen molar-refractivity contribution in [1.29, 1.82) is 0 Å². The SMILES string of the molecule is Cc1ccc(NC(=O)CN(C)CC(=O)Nc2ccc(F)c(F)c2F)c(C)c1. The van der Waals surface area contributed by atoms with E-state index in [0.717, 1.165) is 23.3 Å². The standard InChI is InChI=1S/C19H20F3N3O2/c1-11-4-6-14(12(2)8-11)23-16(26)9-25(3)10-17(27)24-15-7-5-13(20)18(21)19(15)22/h4-8H,9-10H2,1-3H3,(H,23,26)(H,24,27). The zero-order valence-electron chi connectivity index (χ0n) is 15.2. The Balaban J connectivity index is 1.89. The van der Waals surface area contributed by atoms with Crippen LogP contribution in [0.3, 0.4) is 0 Å². The summed E-state index contributed by atoms with van der Waals surface area (Å²) in [7, 11) is 1.53. The third-order valence-corrected chi connectivity index (χ3v) is 3.79. The van der Waals surface area contributed by atoms with Crippen LogP contribution in [0.15, 0.2) is 30.3 Å². The molecular weight excluding hydrogens is 359 g/mol. The number of likely N-dealkylation sites (N-methyl/N-ethyl adjacent to an activating group) is 1. The van der Waals surface area contributed by atoms with Gasteiger partial charge in [0.1, 0.15) is 0 Å². The lowest BCUT2D eigenvalue weighted by Crippen LogP contribution is -2.36. The van der Waals surface area contributed by atoms with E-state index < -0.39 is 29.0 Å². The van der Waals surface area contributed by atoms with Gasteiger partial charge in [-0.25, -0.2) is 13.2 Å². The number of rotatable bonds is 6. The molecule has 0 heterocycles. The summed E-state index contributed by atoms with van der Waals surface area (Å²) in [6.45, 7) is 3.50. The fraction of sp³-hybridized carbons (Fsp3) is 0.263. The maximum absolute atomic E-state index is 13.6. The number of hydrogen-bond acceptors (Lipinski definition) is 3. The molecule has 2 aromatic carbocycles. The Morgan fingerprint density at radius 1 is 0.889 bits per heavy atom. The quantitative estimate of drug-likeness (QED) is 0.758. The first-order valence-electron chi connectivity index (χ1n) is 8.16. The molecule has 5 nitrogen and oxygen atoms in total. The molecule has 0 atom stereocenters. The van der Waals surface area contributed by atoms with Crippen LogP contribution in [0.25, 0.3) is 0 Å². The fourth-order valence-corrected chi connectivity index (χ4v) is 2.50. The molecule has 0 aliphatic carbocycles. The number of amides is 2. The maximum Gasteiger partial charge on any atom is 0.238 e. The van der Waals surface area contributed by atoms with E-state index in [1.165, 1.54) is 11.9 Å². The van der Waals surface area contributed by atoms with Gasteiger partial charge in [-0.05, 0) is 44.7 Å². The Bertz CT molecular complexity index is 872. The maximum atomic E-state index is 13.6. The van der Waals surface area contributed by atoms with Crippen molar-refractivity contribution < 1.29 is 22.8 Å². The first-order valence-corrected chi connectivity index (χ1v) is 8.16. The highest BCUT2D eigenvalue weighted by molar-refractivity contribution is 5.95. The molecule has 0 spiro atoms. The number of anilines is 2. The van der Waals surface area contributed by atoms with Crippen molar-refractivity contribution in [3.8, 4) is 0 Å². The predicted molar refractivity (Wildman–Crippen MR) is 97.0 cm³/mol. The summed E-state index contributed by atoms with van der Waals surface area (Å²) >= 11 is 0. The van der Waals surface area contributed by atoms with E-state index in [9.17, 15) is 22.8 Å². The molecule has 0 unspecified atom stereocenters. The van der Waals surface area contributed by atoms with E-state index in [1.54, 1.807) is 6.07 Å². The highest BCUT2D eigenvalue weighted by Crippen LogP contribution is 2.19. The van der Waals surface area contributed by atoms with Crippen molar-refractivity contribution in [2.24, 2.45) is 0 Å². The molecule has 0 aliphatic rings. The molecule has 0 radical (unpaired) electrons. The minimum atomic E-state index is -1.66. The van der Waals surface area contributed by atoms with Crippen molar-refractivity contribution in [3.05, 3.63) is 58.9 Å². The summed E-state index contributed by atoms with van der Waals surface area (Å²) in [5.74, 6) is -5.46. The average Bonchev–Trinajstić information content (AvgIpc) is 2.57. The Labute approximate surface area is 155 Å². The molecule has 2 rings (SSSR count). The predicted octanol–water partition coefficient (Wildman–Crippen LogP) is 3.23. The summed E-state index contributed by atoms with van der Waals surface area (Å²) in [5, 5.41) is 4.90. The van der Waals surface area contributed by atoms with Gasteiger partial charge in [-0.15, -0.1) is 0 Å². The molecule has 2 aromatic rings. The lowest BCUT2D eigenvalue weighted by molar-refractivity contribution is -0.119. The molecule has 144 valence electrons. The van der Waals surface area contributed by atoms with Crippen LogP contribution in [0.2, 0.25) is 0 Å². The minimum absolute atomic E-state index is 0.0823. The first kappa shape index (κ1) is 20.4. The van der Waals surface area contributed by atoms with E-state index in [4.69, 9.17) is 0 Å². The monoisotopic (exact) mass is 379 g/mol. The van der Waals surface area contributed by atoms with Gasteiger partial charge < -0.3 is 10.6 Å². The largest absolute Gasteiger partial charge is 0.325 e.